The van der Waals surface area contributed by atoms with Crippen molar-refractivity contribution in [2.24, 2.45) is 0 Å². The summed E-state index contributed by atoms with van der Waals surface area (Å²) in [5, 5.41) is 11.0. The highest BCUT2D eigenvalue weighted by Gasteiger charge is 2.45. The summed E-state index contributed by atoms with van der Waals surface area (Å²) in [6.45, 7) is 5.65. The normalized spacial score (nSPS) is 18.0. The van der Waals surface area contributed by atoms with Gasteiger partial charge in [0.25, 0.3) is 11.7 Å². The van der Waals surface area contributed by atoms with Gasteiger partial charge in [0.05, 0.1) is 11.6 Å². The molecule has 0 aromatic heterocycles. The molecule has 1 aliphatic heterocycles. The third-order valence-corrected chi connectivity index (χ3v) is 5.10. The van der Waals surface area contributed by atoms with Crippen LogP contribution in [0.2, 0.25) is 0 Å². The zero-order valence-electron chi connectivity index (χ0n) is 17.3. The molecule has 2 aromatic carbocycles. The highest BCUT2D eigenvalue weighted by atomic mass is 16.5. The number of aliphatic hydroxyl groups excluding tert-OH is 1. The lowest BCUT2D eigenvalue weighted by molar-refractivity contribution is -0.139. The molecular weight excluding hydrogens is 382 g/mol. The number of carbonyl (C=O) groups excluding carboxylic acids is 3. The number of hydrogen-bond donors (Lipinski definition) is 1. The van der Waals surface area contributed by atoms with Crippen molar-refractivity contribution in [2.75, 3.05) is 6.54 Å². The van der Waals surface area contributed by atoms with Gasteiger partial charge in [-0.25, -0.2) is 0 Å². The van der Waals surface area contributed by atoms with E-state index in [1.807, 2.05) is 26.0 Å². The Bertz CT molecular complexity index is 989. The Hall–Kier alpha value is -3.41. The van der Waals surface area contributed by atoms with E-state index in [1.54, 1.807) is 36.4 Å². The highest BCUT2D eigenvalue weighted by Crippen LogP contribution is 2.39. The first-order valence-electron chi connectivity index (χ1n) is 10.0. The Morgan fingerprint density at radius 3 is 2.20 bits per heavy atom. The summed E-state index contributed by atoms with van der Waals surface area (Å²) in [6, 6.07) is 13.2. The van der Waals surface area contributed by atoms with E-state index in [2.05, 4.69) is 0 Å². The minimum absolute atomic E-state index is 0.0675. The first-order chi connectivity index (χ1) is 14.4. The first kappa shape index (κ1) is 21.3. The average Bonchev–Trinajstić information content (AvgIpc) is 2.99. The number of ether oxygens (including phenoxy) is 1. The summed E-state index contributed by atoms with van der Waals surface area (Å²) in [6.07, 6.45) is 1.52. The van der Waals surface area contributed by atoms with Crippen LogP contribution in [0.5, 0.6) is 5.75 Å². The van der Waals surface area contributed by atoms with Gasteiger partial charge < -0.3 is 14.7 Å². The van der Waals surface area contributed by atoms with Crippen LogP contribution in [0.3, 0.4) is 0 Å². The lowest BCUT2D eigenvalue weighted by Gasteiger charge is -2.25. The molecule has 1 unspecified atom stereocenters. The van der Waals surface area contributed by atoms with E-state index in [0.717, 1.165) is 12.0 Å². The molecule has 0 bridgehead atoms. The molecule has 1 amide bonds. The molecule has 3 rings (SSSR count). The molecule has 1 aliphatic rings. The average molecular weight is 407 g/mol. The fraction of sp³-hybridized carbons (Fsp3) is 0.292. The smallest absolute Gasteiger partial charge is 0.308 e. The van der Waals surface area contributed by atoms with E-state index in [1.165, 1.54) is 11.8 Å². The maximum absolute atomic E-state index is 12.8. The number of hydrogen-bond acceptors (Lipinski definition) is 5. The second-order valence-electron chi connectivity index (χ2n) is 7.21. The lowest BCUT2D eigenvalue weighted by Crippen LogP contribution is -2.30. The number of aryl methyl sites for hydroxylation is 1. The molecule has 0 spiro atoms. The van der Waals surface area contributed by atoms with Crippen LogP contribution in [0.4, 0.5) is 0 Å². The number of amides is 1. The fourth-order valence-electron chi connectivity index (χ4n) is 3.64. The van der Waals surface area contributed by atoms with Gasteiger partial charge in [0.2, 0.25) is 0 Å². The number of esters is 1. The summed E-state index contributed by atoms with van der Waals surface area (Å²) >= 11 is 0. The van der Waals surface area contributed by atoms with Crippen molar-refractivity contribution >= 4 is 23.4 Å². The summed E-state index contributed by atoms with van der Waals surface area (Å²) in [5.74, 6) is -1.58. The van der Waals surface area contributed by atoms with E-state index in [4.69, 9.17) is 4.74 Å². The molecule has 1 N–H and O–H groups in total. The number of benzene rings is 2. The predicted molar refractivity (Wildman–Crippen MR) is 113 cm³/mol. The molecule has 1 atom stereocenters. The van der Waals surface area contributed by atoms with Gasteiger partial charge in [-0.1, -0.05) is 50.2 Å². The number of carbonyl (C=O) groups is 3. The predicted octanol–water partition coefficient (Wildman–Crippen LogP) is 4.01. The minimum atomic E-state index is -0.706. The quantitative estimate of drug-likeness (QED) is 0.257. The molecular formula is C24H25NO5. The van der Waals surface area contributed by atoms with Gasteiger partial charge in [-0.15, -0.1) is 0 Å². The first-order valence-corrected chi connectivity index (χ1v) is 10.0. The van der Waals surface area contributed by atoms with Crippen molar-refractivity contribution in [3.8, 4) is 5.75 Å². The van der Waals surface area contributed by atoms with Crippen LogP contribution in [-0.4, -0.2) is 34.2 Å². The van der Waals surface area contributed by atoms with Crippen LogP contribution in [0.25, 0.3) is 5.76 Å². The largest absolute Gasteiger partial charge is 0.507 e. The SMILES string of the molecule is CCCN1C(=O)C(=O)/C(=C(\O)c2ccc(CC)cc2)C1c1ccc(OC(C)=O)cc1. The molecule has 6 heteroatoms. The van der Waals surface area contributed by atoms with Crippen molar-refractivity contribution in [3.05, 3.63) is 70.8 Å². The Morgan fingerprint density at radius 2 is 1.67 bits per heavy atom. The molecule has 1 saturated heterocycles. The van der Waals surface area contributed by atoms with Crippen LogP contribution < -0.4 is 4.74 Å². The van der Waals surface area contributed by atoms with Crippen molar-refractivity contribution < 1.29 is 24.2 Å². The van der Waals surface area contributed by atoms with Gasteiger partial charge in [0.15, 0.2) is 0 Å². The maximum Gasteiger partial charge on any atom is 0.308 e. The van der Waals surface area contributed by atoms with Crippen LogP contribution in [0.1, 0.15) is 49.9 Å². The monoisotopic (exact) mass is 407 g/mol. The molecule has 0 aliphatic carbocycles. The van der Waals surface area contributed by atoms with Crippen molar-refractivity contribution in [2.45, 2.75) is 39.7 Å². The molecule has 6 nitrogen and oxygen atoms in total. The molecule has 1 fully saturated rings. The zero-order valence-corrected chi connectivity index (χ0v) is 17.3. The van der Waals surface area contributed by atoms with Crippen molar-refractivity contribution in [1.29, 1.82) is 0 Å². The highest BCUT2D eigenvalue weighted by molar-refractivity contribution is 6.46. The minimum Gasteiger partial charge on any atom is -0.507 e. The third kappa shape index (κ3) is 4.13. The van der Waals surface area contributed by atoms with Gasteiger partial charge in [0.1, 0.15) is 11.5 Å². The molecule has 0 saturated carbocycles. The molecule has 30 heavy (non-hydrogen) atoms. The van der Waals surface area contributed by atoms with Crippen LogP contribution >= 0.6 is 0 Å². The molecule has 0 radical (unpaired) electrons. The number of rotatable bonds is 6. The second-order valence-corrected chi connectivity index (χ2v) is 7.21. The van der Waals surface area contributed by atoms with E-state index in [9.17, 15) is 19.5 Å². The topological polar surface area (TPSA) is 83.9 Å². The van der Waals surface area contributed by atoms with Gasteiger partial charge in [0, 0.05) is 19.0 Å². The van der Waals surface area contributed by atoms with Gasteiger partial charge in [-0.05, 0) is 36.1 Å². The van der Waals surface area contributed by atoms with E-state index >= 15 is 0 Å². The van der Waals surface area contributed by atoms with Gasteiger partial charge in [-0.2, -0.15) is 0 Å². The fourth-order valence-corrected chi connectivity index (χ4v) is 3.64. The van der Waals surface area contributed by atoms with Crippen LogP contribution in [0.15, 0.2) is 54.1 Å². The number of nitrogens with zero attached hydrogens (tertiary/aromatic N) is 1. The summed E-state index contributed by atoms with van der Waals surface area (Å²) in [4.78, 5) is 38.2. The number of ketones is 1. The van der Waals surface area contributed by atoms with Gasteiger partial charge >= 0.3 is 5.97 Å². The summed E-state index contributed by atoms with van der Waals surface area (Å²) in [7, 11) is 0. The molecule has 156 valence electrons. The van der Waals surface area contributed by atoms with Gasteiger partial charge in [-0.3, -0.25) is 14.4 Å². The standard InChI is InChI=1S/C24H25NO5/c1-4-14-25-21(17-10-12-19(13-11-17)30-15(3)26)20(23(28)24(25)29)22(27)18-8-6-16(5-2)7-9-18/h6-13,21,27H,4-5,14H2,1-3H3/b22-20-. The number of likely N-dealkylation sites (tertiary alicyclic amines) is 1. The number of Topliss-reactive ketones (excluding diaryl/α,β-unsaturated/α-hetero) is 1. The third-order valence-electron chi connectivity index (χ3n) is 5.10. The zero-order chi connectivity index (χ0) is 21.8. The Labute approximate surface area is 175 Å². The maximum atomic E-state index is 12.8. The van der Waals surface area contributed by atoms with E-state index in [0.29, 0.717) is 29.8 Å². The second kappa shape index (κ2) is 8.95. The van der Waals surface area contributed by atoms with Crippen molar-refractivity contribution in [1.82, 2.24) is 4.90 Å². The Kier molecular flexibility index (Phi) is 6.35. The van der Waals surface area contributed by atoms with Crippen LogP contribution in [-0.2, 0) is 20.8 Å². The summed E-state index contributed by atoms with van der Waals surface area (Å²) < 4.78 is 5.07. The van der Waals surface area contributed by atoms with Crippen molar-refractivity contribution in [3.63, 3.8) is 0 Å². The summed E-state index contributed by atoms with van der Waals surface area (Å²) in [5.41, 5.74) is 2.32. The molecule has 2 aromatic rings. The van der Waals surface area contributed by atoms with E-state index < -0.39 is 23.7 Å². The number of aliphatic hydroxyl groups is 1. The lowest BCUT2D eigenvalue weighted by atomic mass is 9.95. The Morgan fingerprint density at radius 1 is 1.03 bits per heavy atom. The van der Waals surface area contributed by atoms with Crippen LogP contribution in [0, 0.1) is 0 Å². The Balaban J connectivity index is 2.09. The molecule has 1 heterocycles. The van der Waals surface area contributed by atoms with E-state index in [-0.39, 0.29) is 11.3 Å².